The van der Waals surface area contributed by atoms with Crippen molar-refractivity contribution in [3.8, 4) is 22.5 Å². The first-order valence-corrected chi connectivity index (χ1v) is 10.2. The van der Waals surface area contributed by atoms with E-state index in [0.717, 1.165) is 12.4 Å². The number of pyridine rings is 1. The van der Waals surface area contributed by atoms with E-state index in [1.807, 2.05) is 0 Å². The SMILES string of the molecule is Nc1ncc(-c2cc(-c3cnn(CC(F)(F)F)c3)ncc2F)nc1C(=O)NC1CNCC[C@H]1O. The Bertz CT molecular complexity index is 1200. The number of alkyl halides is 3. The molecule has 0 spiro atoms. The van der Waals surface area contributed by atoms with Crippen LogP contribution in [0.5, 0.6) is 0 Å². The summed E-state index contributed by atoms with van der Waals surface area (Å²) in [6.45, 7) is -0.317. The van der Waals surface area contributed by atoms with Crippen molar-refractivity contribution < 1.29 is 27.5 Å². The molecule has 14 heteroatoms. The lowest BCUT2D eigenvalue weighted by molar-refractivity contribution is -0.142. The first kappa shape index (κ1) is 23.5. The summed E-state index contributed by atoms with van der Waals surface area (Å²) in [6, 6.07) is 0.699. The third kappa shape index (κ3) is 5.28. The molecule has 3 aromatic rings. The van der Waals surface area contributed by atoms with Gasteiger partial charge in [-0.15, -0.1) is 0 Å². The molecule has 4 rings (SSSR count). The number of carbonyl (C=O) groups excluding carboxylic acids is 1. The minimum Gasteiger partial charge on any atom is -0.391 e. The molecule has 2 atom stereocenters. The van der Waals surface area contributed by atoms with Crippen LogP contribution in [0.4, 0.5) is 23.4 Å². The van der Waals surface area contributed by atoms with Crippen molar-refractivity contribution in [2.24, 2.45) is 0 Å². The van der Waals surface area contributed by atoms with Crippen LogP contribution in [0.1, 0.15) is 16.9 Å². The number of aromatic nitrogens is 5. The third-order valence-electron chi connectivity index (χ3n) is 5.18. The zero-order chi connectivity index (χ0) is 24.5. The van der Waals surface area contributed by atoms with Gasteiger partial charge in [0, 0.05) is 23.9 Å². The van der Waals surface area contributed by atoms with Crippen molar-refractivity contribution >= 4 is 11.7 Å². The molecule has 1 fully saturated rings. The van der Waals surface area contributed by atoms with E-state index in [9.17, 15) is 27.5 Å². The van der Waals surface area contributed by atoms with Crippen molar-refractivity contribution in [2.75, 3.05) is 18.8 Å². The fourth-order valence-electron chi connectivity index (χ4n) is 3.48. The number of hydrogen-bond donors (Lipinski definition) is 4. The lowest BCUT2D eigenvalue weighted by atomic mass is 10.0. The second kappa shape index (κ2) is 9.30. The van der Waals surface area contributed by atoms with Gasteiger partial charge in [-0.1, -0.05) is 0 Å². The van der Waals surface area contributed by atoms with Gasteiger partial charge < -0.3 is 21.5 Å². The highest BCUT2D eigenvalue weighted by atomic mass is 19.4. The highest BCUT2D eigenvalue weighted by molar-refractivity contribution is 5.97. The Morgan fingerprint density at radius 1 is 1.26 bits per heavy atom. The van der Waals surface area contributed by atoms with Gasteiger partial charge in [-0.3, -0.25) is 14.5 Å². The van der Waals surface area contributed by atoms with Gasteiger partial charge in [-0.05, 0) is 19.0 Å². The zero-order valence-corrected chi connectivity index (χ0v) is 17.6. The molecule has 4 heterocycles. The number of piperidine rings is 1. The number of nitrogens with one attached hydrogen (secondary N) is 2. The highest BCUT2D eigenvalue weighted by Crippen LogP contribution is 2.27. The van der Waals surface area contributed by atoms with Crippen molar-refractivity contribution in [1.82, 2.24) is 35.4 Å². The maximum absolute atomic E-state index is 14.6. The van der Waals surface area contributed by atoms with Gasteiger partial charge in [0.15, 0.2) is 17.3 Å². The smallest absolute Gasteiger partial charge is 0.391 e. The Kier molecular flexibility index (Phi) is 6.43. The van der Waals surface area contributed by atoms with E-state index in [0.29, 0.717) is 24.2 Å². The Hall–Kier alpha value is -3.65. The zero-order valence-electron chi connectivity index (χ0n) is 17.6. The predicted molar refractivity (Wildman–Crippen MR) is 112 cm³/mol. The fraction of sp³-hybridized carbons (Fsp3) is 0.350. The van der Waals surface area contributed by atoms with Crippen LogP contribution < -0.4 is 16.4 Å². The lowest BCUT2D eigenvalue weighted by Gasteiger charge is -2.29. The van der Waals surface area contributed by atoms with Crippen LogP contribution in [0.15, 0.2) is 30.9 Å². The monoisotopic (exact) mass is 480 g/mol. The standard InChI is InChI=1S/C20H20F4N8O2/c21-12-5-27-13(10-4-29-32(8-10)9-20(22,23)24)3-11(12)14-7-28-18(25)17(30-14)19(34)31-15-6-26-2-1-16(15)33/h3-5,7-8,15-16,26,33H,1-2,6,9H2,(H2,25,28)(H,31,34)/t15?,16-/m1/s1. The van der Waals surface area contributed by atoms with E-state index in [2.05, 4.69) is 30.7 Å². The number of rotatable bonds is 5. The normalized spacial score (nSPS) is 18.6. The minimum absolute atomic E-state index is 0.0366. The van der Waals surface area contributed by atoms with Crippen LogP contribution in [0.2, 0.25) is 0 Å². The molecule has 1 aliphatic heterocycles. The van der Waals surface area contributed by atoms with Gasteiger partial charge in [-0.25, -0.2) is 14.4 Å². The summed E-state index contributed by atoms with van der Waals surface area (Å²) in [4.78, 5) is 24.7. The van der Waals surface area contributed by atoms with Crippen LogP contribution in [0, 0.1) is 5.82 Å². The van der Waals surface area contributed by atoms with Gasteiger partial charge in [-0.2, -0.15) is 18.3 Å². The lowest BCUT2D eigenvalue weighted by Crippen LogP contribution is -2.53. The Morgan fingerprint density at radius 2 is 2.06 bits per heavy atom. The first-order chi connectivity index (χ1) is 16.1. The van der Waals surface area contributed by atoms with Crippen LogP contribution in [-0.2, 0) is 6.54 Å². The second-order valence-electron chi connectivity index (χ2n) is 7.72. The van der Waals surface area contributed by atoms with Crippen LogP contribution >= 0.6 is 0 Å². The van der Waals surface area contributed by atoms with Crippen LogP contribution in [0.3, 0.4) is 0 Å². The van der Waals surface area contributed by atoms with Gasteiger partial charge in [0.05, 0.1) is 42.1 Å². The summed E-state index contributed by atoms with van der Waals surface area (Å²) >= 11 is 0. The molecule has 1 unspecified atom stereocenters. The maximum Gasteiger partial charge on any atom is 0.408 e. The van der Waals surface area contributed by atoms with E-state index < -0.39 is 36.6 Å². The van der Waals surface area contributed by atoms with Crippen LogP contribution in [0.25, 0.3) is 22.5 Å². The Labute approximate surface area is 190 Å². The van der Waals surface area contributed by atoms with Crippen LogP contribution in [-0.4, -0.2) is 67.2 Å². The molecule has 0 bridgehead atoms. The number of halogens is 4. The van der Waals surface area contributed by atoms with E-state index in [4.69, 9.17) is 5.73 Å². The average Bonchev–Trinajstić information content (AvgIpc) is 3.23. The number of aliphatic hydroxyl groups excluding tert-OH is 1. The first-order valence-electron chi connectivity index (χ1n) is 10.2. The predicted octanol–water partition coefficient (Wildman–Crippen LogP) is 1.14. The van der Waals surface area contributed by atoms with E-state index in [-0.39, 0.29) is 34.0 Å². The number of anilines is 1. The summed E-state index contributed by atoms with van der Waals surface area (Å²) in [5.74, 6) is -1.67. The van der Waals surface area contributed by atoms with Crippen molar-refractivity contribution in [3.05, 3.63) is 42.4 Å². The summed E-state index contributed by atoms with van der Waals surface area (Å²) in [5, 5.41) is 19.4. The molecular weight excluding hydrogens is 460 g/mol. The van der Waals surface area contributed by atoms with Crippen molar-refractivity contribution in [3.63, 3.8) is 0 Å². The van der Waals surface area contributed by atoms with Crippen molar-refractivity contribution in [1.29, 1.82) is 0 Å². The summed E-state index contributed by atoms with van der Waals surface area (Å²) in [6.07, 6.45) is -0.393. The van der Waals surface area contributed by atoms with Gasteiger partial charge in [0.25, 0.3) is 5.91 Å². The quantitative estimate of drug-likeness (QED) is 0.398. The molecule has 0 radical (unpaired) electrons. The molecule has 10 nitrogen and oxygen atoms in total. The molecule has 5 N–H and O–H groups in total. The largest absolute Gasteiger partial charge is 0.408 e. The molecule has 180 valence electrons. The fourth-order valence-corrected chi connectivity index (χ4v) is 3.48. The summed E-state index contributed by atoms with van der Waals surface area (Å²) < 4.78 is 53.1. The van der Waals surface area contributed by atoms with Gasteiger partial charge in [0.1, 0.15) is 6.54 Å². The Morgan fingerprint density at radius 3 is 2.79 bits per heavy atom. The number of nitrogens with two attached hydrogens (primary N) is 1. The van der Waals surface area contributed by atoms with Crippen molar-refractivity contribution in [2.45, 2.75) is 31.3 Å². The van der Waals surface area contributed by atoms with E-state index >= 15 is 0 Å². The van der Waals surface area contributed by atoms with E-state index in [1.165, 1.54) is 18.5 Å². The van der Waals surface area contributed by atoms with E-state index in [1.54, 1.807) is 0 Å². The molecule has 3 aromatic heterocycles. The molecule has 34 heavy (non-hydrogen) atoms. The topological polar surface area (TPSA) is 144 Å². The molecule has 1 aliphatic rings. The maximum atomic E-state index is 14.6. The number of amides is 1. The third-order valence-corrected chi connectivity index (χ3v) is 5.18. The molecular formula is C20H20F4N8O2. The number of carbonyl (C=O) groups is 1. The summed E-state index contributed by atoms with van der Waals surface area (Å²) in [7, 11) is 0. The average molecular weight is 480 g/mol. The minimum atomic E-state index is -4.45. The summed E-state index contributed by atoms with van der Waals surface area (Å²) in [5.41, 5.74) is 5.79. The van der Waals surface area contributed by atoms with Gasteiger partial charge >= 0.3 is 6.18 Å². The molecule has 0 saturated carbocycles. The molecule has 0 aromatic carbocycles. The molecule has 1 saturated heterocycles. The number of nitrogens with zero attached hydrogens (tertiary/aromatic N) is 5. The van der Waals surface area contributed by atoms with Gasteiger partial charge in [0.2, 0.25) is 0 Å². The Balaban J connectivity index is 1.61. The number of nitrogen functional groups attached to an aromatic ring is 1. The molecule has 0 aliphatic carbocycles. The second-order valence-corrected chi connectivity index (χ2v) is 7.72. The number of aliphatic hydroxyl groups is 1. The number of hydrogen-bond acceptors (Lipinski definition) is 8. The molecule has 1 amide bonds. The highest BCUT2D eigenvalue weighted by Gasteiger charge is 2.29.